The molecule has 4 aliphatic carbocycles. The Morgan fingerprint density at radius 2 is 0.971 bits per heavy atom. The van der Waals surface area contributed by atoms with E-state index in [1.807, 2.05) is 103 Å². The van der Waals surface area contributed by atoms with Crippen molar-refractivity contribution in [3.05, 3.63) is 105 Å². The van der Waals surface area contributed by atoms with E-state index in [-0.39, 0.29) is 49.4 Å². The summed E-state index contributed by atoms with van der Waals surface area (Å²) in [4.78, 5) is 36.3. The van der Waals surface area contributed by atoms with Gasteiger partial charge in [-0.25, -0.2) is 29.9 Å². The number of aromatic nitrogens is 15. The smallest absolute Gasteiger partial charge is 0.344 e. The Labute approximate surface area is 648 Å². The second kappa shape index (κ2) is 42.3. The van der Waals surface area contributed by atoms with Crippen LogP contribution in [0.25, 0.3) is 66.9 Å². The van der Waals surface area contributed by atoms with Crippen LogP contribution in [-0.4, -0.2) is 153 Å². The Kier molecular flexibility index (Phi) is 34.2. The predicted molar refractivity (Wildman–Crippen MR) is 414 cm³/mol. The summed E-state index contributed by atoms with van der Waals surface area (Å²) in [5.41, 5.74) is 8.13. The van der Waals surface area contributed by atoms with Gasteiger partial charge in [-0.2, -0.15) is 36.3 Å². The maximum absolute atomic E-state index is 11.3. The molecular weight excluding hydrogens is 1620 g/mol. The van der Waals surface area contributed by atoms with E-state index >= 15 is 0 Å². The molecule has 9 heterocycles. The minimum Gasteiger partial charge on any atom is -0.361 e. The molecule has 0 bridgehead atoms. The molecule has 4 aliphatic rings. The van der Waals surface area contributed by atoms with E-state index in [0.29, 0.717) is 64.0 Å². The minimum absolute atomic E-state index is 0. The molecular formula is C73H103BN19O7PSi3U. The molecule has 0 saturated heterocycles. The number of ether oxygens (including phenoxy) is 3. The molecule has 4 saturated carbocycles. The quantitative estimate of drug-likeness (QED) is 0.0139. The third-order valence-corrected chi connectivity index (χ3v) is 24.2. The normalized spacial score (nSPS) is 14.7. The second-order valence-corrected chi connectivity index (χ2v) is 48.7. The number of nitrogens with one attached hydrogen (secondary N) is 1. The van der Waals surface area contributed by atoms with Crippen LogP contribution in [0.5, 0.6) is 0 Å². The molecule has 4 fully saturated rings. The number of aromatic amines is 1. The Morgan fingerprint density at radius 1 is 0.581 bits per heavy atom. The number of allylic oxidation sites excluding steroid dienone is 2. The molecule has 32 heteroatoms. The summed E-state index contributed by atoms with van der Waals surface area (Å²) in [5.74, 6) is 2.35. The predicted octanol–water partition coefficient (Wildman–Crippen LogP) is 15.3. The molecule has 0 aromatic carbocycles. The van der Waals surface area contributed by atoms with Crippen molar-refractivity contribution in [2.75, 3.05) is 39.2 Å². The van der Waals surface area contributed by atoms with E-state index in [4.69, 9.17) is 45.6 Å². The topological polar surface area (TPSA) is 332 Å². The fraction of sp³-hybridized carbons (Fsp3) is 0.534. The first kappa shape index (κ1) is 84.9. The number of H-pyrrole nitrogens is 1. The number of hydrogen-bond acceptors (Lipinski definition) is 20. The van der Waals surface area contributed by atoms with E-state index in [1.54, 1.807) is 51.2 Å². The van der Waals surface area contributed by atoms with Crippen LogP contribution in [0.4, 0.5) is 0 Å². The van der Waals surface area contributed by atoms with Crippen LogP contribution < -0.4 is 0 Å². The van der Waals surface area contributed by atoms with E-state index in [0.717, 1.165) is 124 Å². The molecule has 1 N–H and O–H groups in total. The summed E-state index contributed by atoms with van der Waals surface area (Å²) in [6, 6.07) is 18.2. The number of nitrogens with zero attached hydrogens (tertiary/aromatic N) is 18. The molecule has 556 valence electrons. The number of rotatable bonds is 31. The van der Waals surface area contributed by atoms with Gasteiger partial charge in [0.15, 0.2) is 0 Å². The number of carbonyl (C=O) groups excluding carboxylic acids is 1. The molecule has 0 amide bonds. The zero-order valence-electron chi connectivity index (χ0n) is 63.8. The number of aldehydes is 1. The molecule has 26 nitrogen and oxygen atoms in total. The molecule has 9 aromatic heterocycles. The molecule has 0 aliphatic heterocycles. The number of fused-ring (bicyclic) bond motifs is 3. The van der Waals surface area contributed by atoms with Crippen LogP contribution in [0.15, 0.2) is 105 Å². The van der Waals surface area contributed by atoms with Crippen LogP contribution in [0.3, 0.4) is 0 Å². The standard InChI is InChI=1S/2C21H28N6OSi.C15H21N5OSi.C6H12NO3P.C6H7N.C4H6O.BH.U/c2*1-29(2,3)11-10-28-15-26-9-7-18-20(23-14-24-21(18)26)17-12-25-27(13-17)19(6-8-22)16-4-5-16;1-22(2,3)7-6-21-11-20-5-4-13-14(12-8-18-19-9-12)16-10-17-15(13)20;1-3-9-11(8,6-5-7)10-4-2;7-5-1-2-6-3-4-6;5-3-4-1-2-4;;/h2*7,9,12-14,16,19H,4-6,10-11,15H2,1-3H3;4-5,8-10H,6-7,11H2,1-3H3,(H,18,19);3-4,6H2,1-2H3;1-2,6H,3-4H2;3-4H,1-2H2;1H;/t19-;;;;;;;/m1......./s1/i;;;;;;1D;. The zero-order chi connectivity index (χ0) is 76.0. The van der Waals surface area contributed by atoms with Crippen molar-refractivity contribution in [1.29, 1.82) is 22.4 Å². The zero-order valence-corrected chi connectivity index (χ0v) is 70.9. The number of carbonyl (C=O) groups is 1. The summed E-state index contributed by atoms with van der Waals surface area (Å²) < 4.78 is 53.8. The maximum Gasteiger partial charge on any atom is 0.344 e. The van der Waals surface area contributed by atoms with Gasteiger partial charge in [-0.1, -0.05) is 65.0 Å². The van der Waals surface area contributed by atoms with Crippen LogP contribution in [-0.2, 0) is 52.8 Å². The van der Waals surface area contributed by atoms with Crippen molar-refractivity contribution < 1.29 is 63.7 Å². The molecule has 9 aromatic rings. The average molecular weight is 1720 g/mol. The van der Waals surface area contributed by atoms with Crippen LogP contribution in [0, 0.1) is 100 Å². The van der Waals surface area contributed by atoms with Crippen molar-refractivity contribution in [2.45, 2.75) is 187 Å². The summed E-state index contributed by atoms with van der Waals surface area (Å²) in [7, 11) is -2.56. The summed E-state index contributed by atoms with van der Waals surface area (Å²) in [5, 5.41) is 53.5. The van der Waals surface area contributed by atoms with E-state index < -0.39 is 31.8 Å². The van der Waals surface area contributed by atoms with Gasteiger partial charge in [-0.15, -0.1) is 0 Å². The number of nitriles is 4. The van der Waals surface area contributed by atoms with Gasteiger partial charge in [0.05, 0.1) is 98.1 Å². The molecule has 1 unspecified atom stereocenters. The summed E-state index contributed by atoms with van der Waals surface area (Å²) in [6.07, 6.45) is 37.1. The van der Waals surface area contributed by atoms with Crippen molar-refractivity contribution in [2.24, 2.45) is 23.7 Å². The van der Waals surface area contributed by atoms with Gasteiger partial charge >= 0.3 is 7.60 Å². The van der Waals surface area contributed by atoms with Crippen LogP contribution in [0.1, 0.15) is 90.1 Å². The van der Waals surface area contributed by atoms with Gasteiger partial charge in [-0.3, -0.25) is 19.0 Å². The van der Waals surface area contributed by atoms with Crippen molar-refractivity contribution >= 4 is 79.6 Å². The van der Waals surface area contributed by atoms with Gasteiger partial charge < -0.3 is 41.8 Å². The van der Waals surface area contributed by atoms with Gasteiger partial charge in [0, 0.05) is 166 Å². The van der Waals surface area contributed by atoms with Crippen LogP contribution in [0.2, 0.25) is 77.1 Å². The van der Waals surface area contributed by atoms with Crippen molar-refractivity contribution in [3.8, 4) is 58.0 Å². The van der Waals surface area contributed by atoms with Gasteiger partial charge in [0.2, 0.25) is 0 Å². The molecule has 2 radical (unpaired) electrons. The van der Waals surface area contributed by atoms with Gasteiger partial charge in [0.25, 0.3) is 0 Å². The molecule has 105 heavy (non-hydrogen) atoms. The van der Waals surface area contributed by atoms with Gasteiger partial charge in [0.1, 0.15) is 68.6 Å². The minimum atomic E-state index is -3.08. The first-order valence-electron chi connectivity index (χ1n) is 36.3. The number of hydrogen-bond donors (Lipinski definition) is 1. The molecule has 13 rings (SSSR count). The van der Waals surface area contributed by atoms with Crippen molar-refractivity contribution in [3.63, 3.8) is 0 Å². The first-order chi connectivity index (χ1) is 50.5. The Hall–Kier alpha value is -7.34. The monoisotopic (exact) mass is 1720 g/mol. The SMILES string of the molecule is CCOP(=O)(CC#N)OCC.C[Si](C)(C)CCOCn1ccc2c(-c3cn[nH]c3)ncnc21.C[Si](C)(C)CCOCn1ccc2c(-c3cnn(C(CC#N)C4CC4)c3)ncnc21.C[Si](C)(C)CCOCn1ccc2c(-c3cnn([C@H](CC#N)C4CC4)c3)ncnc21.N#CC=CC1CC1.O=CC1CC1.[2H][B].[U]. The van der Waals surface area contributed by atoms with E-state index in [2.05, 4.69) is 130 Å². The Bertz CT molecular complexity index is 4220. The summed E-state index contributed by atoms with van der Waals surface area (Å²) in [6.45, 7) is 29.1. The van der Waals surface area contributed by atoms with E-state index in [9.17, 15) is 9.36 Å². The van der Waals surface area contributed by atoms with Crippen LogP contribution >= 0.6 is 7.60 Å². The average Bonchev–Trinajstić information content (AvgIpc) is 1.64. The van der Waals surface area contributed by atoms with Crippen molar-refractivity contribution in [1.82, 2.24) is 73.4 Å². The fourth-order valence-corrected chi connectivity index (χ4v) is 14.2. The fourth-order valence-electron chi connectivity index (χ4n) is 10.7. The maximum atomic E-state index is 11.3. The summed E-state index contributed by atoms with van der Waals surface area (Å²) >= 11 is 0. The second-order valence-electron chi connectivity index (χ2n) is 29.8. The third kappa shape index (κ3) is 28.4. The third-order valence-electron chi connectivity index (χ3n) is 17.3. The Balaban J connectivity index is 0.000000214. The molecule has 0 spiro atoms. The first-order valence-corrected chi connectivity index (χ1v) is 48.6. The molecule has 2 atom stereocenters. The van der Waals surface area contributed by atoms with Gasteiger partial charge in [-0.05, 0) is 121 Å². The largest absolute Gasteiger partial charge is 0.361 e. The Morgan fingerprint density at radius 3 is 1.27 bits per heavy atom. The van der Waals surface area contributed by atoms with E-state index in [1.165, 1.54) is 44.6 Å².